The summed E-state index contributed by atoms with van der Waals surface area (Å²) in [6, 6.07) is 0. The highest BCUT2D eigenvalue weighted by molar-refractivity contribution is 5.45. The molecule has 1 aromatic heterocycles. The van der Waals surface area contributed by atoms with Gasteiger partial charge in [0.15, 0.2) is 0 Å². The molecule has 1 rings (SSSR count). The van der Waals surface area contributed by atoms with Gasteiger partial charge in [-0.1, -0.05) is 0 Å². The molecule has 1 heterocycles. The molecule has 0 fully saturated rings. The summed E-state index contributed by atoms with van der Waals surface area (Å²) in [6.45, 7) is 1.16. The van der Waals surface area contributed by atoms with Crippen LogP contribution in [0, 0.1) is 0 Å². The zero-order chi connectivity index (χ0) is 17.2. The van der Waals surface area contributed by atoms with E-state index in [2.05, 4.69) is 15.0 Å². The first-order valence-corrected chi connectivity index (χ1v) is 6.96. The molecule has 0 aliphatic heterocycles. The summed E-state index contributed by atoms with van der Waals surface area (Å²) in [5.41, 5.74) is 0. The van der Waals surface area contributed by atoms with Crippen LogP contribution in [0.3, 0.4) is 0 Å². The number of rotatable bonds is 11. The van der Waals surface area contributed by atoms with E-state index in [0.717, 1.165) is 0 Å². The molecule has 0 amide bonds. The first-order valence-electron chi connectivity index (χ1n) is 6.96. The molecule has 0 saturated heterocycles. The number of methoxy groups -OCH3 is 4. The Morgan fingerprint density at radius 1 is 0.609 bits per heavy atom. The van der Waals surface area contributed by atoms with Crippen molar-refractivity contribution in [2.24, 2.45) is 0 Å². The lowest BCUT2D eigenvalue weighted by atomic mass is 10.6. The third kappa shape index (κ3) is 5.75. The molecule has 0 aliphatic rings. The SMILES string of the molecule is COCN(COC)c1nc(N(C)C)nc(N(COC)COC)n1. The average molecular weight is 330 g/mol. The van der Waals surface area contributed by atoms with Gasteiger partial charge in [-0.05, 0) is 0 Å². The van der Waals surface area contributed by atoms with Crippen molar-refractivity contribution in [2.75, 3.05) is 84.2 Å². The van der Waals surface area contributed by atoms with Crippen molar-refractivity contribution in [3.05, 3.63) is 0 Å². The van der Waals surface area contributed by atoms with Gasteiger partial charge >= 0.3 is 0 Å². The molecule has 132 valence electrons. The van der Waals surface area contributed by atoms with Gasteiger partial charge in [-0.15, -0.1) is 0 Å². The number of hydrogen-bond donors (Lipinski definition) is 0. The van der Waals surface area contributed by atoms with E-state index in [0.29, 0.717) is 44.8 Å². The average Bonchev–Trinajstić information content (AvgIpc) is 2.54. The first kappa shape index (κ1) is 19.3. The lowest BCUT2D eigenvalue weighted by Gasteiger charge is -2.25. The Labute approximate surface area is 136 Å². The summed E-state index contributed by atoms with van der Waals surface area (Å²) in [5.74, 6) is 1.40. The minimum atomic E-state index is 0.290. The van der Waals surface area contributed by atoms with Gasteiger partial charge in [0.05, 0.1) is 0 Å². The highest BCUT2D eigenvalue weighted by Gasteiger charge is 2.18. The van der Waals surface area contributed by atoms with Gasteiger partial charge in [0.2, 0.25) is 17.8 Å². The van der Waals surface area contributed by atoms with E-state index < -0.39 is 0 Å². The summed E-state index contributed by atoms with van der Waals surface area (Å²) in [5, 5.41) is 0. The minimum Gasteiger partial charge on any atom is -0.364 e. The fourth-order valence-corrected chi connectivity index (χ4v) is 1.75. The van der Waals surface area contributed by atoms with Crippen molar-refractivity contribution < 1.29 is 18.9 Å². The number of ether oxygens (including phenoxy) is 4. The van der Waals surface area contributed by atoms with Crippen molar-refractivity contribution in [3.63, 3.8) is 0 Å². The molecule has 0 atom stereocenters. The second kappa shape index (κ2) is 10.1. The monoisotopic (exact) mass is 330 g/mol. The molecule has 0 unspecified atom stereocenters. The number of nitrogens with zero attached hydrogens (tertiary/aromatic N) is 6. The van der Waals surface area contributed by atoms with Crippen LogP contribution in [-0.4, -0.2) is 84.4 Å². The van der Waals surface area contributed by atoms with Crippen molar-refractivity contribution in [2.45, 2.75) is 0 Å². The standard InChI is InChI=1S/C13H26N6O4/c1-17(2)11-14-12(18(7-20-3)8-21-4)16-13(15-11)19(9-22-5)10-23-6/h7-10H2,1-6H3. The molecular weight excluding hydrogens is 304 g/mol. The topological polar surface area (TPSA) is 85.3 Å². The van der Waals surface area contributed by atoms with E-state index in [9.17, 15) is 0 Å². The van der Waals surface area contributed by atoms with Crippen LogP contribution in [-0.2, 0) is 18.9 Å². The largest absolute Gasteiger partial charge is 0.364 e. The van der Waals surface area contributed by atoms with Crippen LogP contribution in [0.1, 0.15) is 0 Å². The summed E-state index contributed by atoms with van der Waals surface area (Å²) in [6.07, 6.45) is 0. The first-order chi connectivity index (χ1) is 11.1. The maximum atomic E-state index is 5.18. The predicted molar refractivity (Wildman–Crippen MR) is 86.6 cm³/mol. The Balaban J connectivity index is 3.23. The van der Waals surface area contributed by atoms with E-state index in [-0.39, 0.29) is 0 Å². The van der Waals surface area contributed by atoms with E-state index >= 15 is 0 Å². The molecule has 0 spiro atoms. The summed E-state index contributed by atoms with van der Waals surface area (Å²) in [4.78, 5) is 18.6. The fourth-order valence-electron chi connectivity index (χ4n) is 1.75. The van der Waals surface area contributed by atoms with Crippen LogP contribution in [0.2, 0.25) is 0 Å². The van der Waals surface area contributed by atoms with Crippen LogP contribution in [0.5, 0.6) is 0 Å². The van der Waals surface area contributed by atoms with E-state index in [4.69, 9.17) is 18.9 Å². The van der Waals surface area contributed by atoms with Gasteiger partial charge in [-0.3, -0.25) is 9.80 Å². The van der Waals surface area contributed by atoms with Crippen LogP contribution in [0.15, 0.2) is 0 Å². The molecule has 0 aromatic carbocycles. The molecule has 0 aliphatic carbocycles. The Morgan fingerprint density at radius 3 is 1.17 bits per heavy atom. The minimum absolute atomic E-state index is 0.290. The van der Waals surface area contributed by atoms with Crippen molar-refractivity contribution >= 4 is 17.8 Å². The Morgan fingerprint density at radius 2 is 0.913 bits per heavy atom. The summed E-state index contributed by atoms with van der Waals surface area (Å²) in [7, 11) is 10.1. The fraction of sp³-hybridized carbons (Fsp3) is 0.769. The smallest absolute Gasteiger partial charge is 0.235 e. The summed E-state index contributed by atoms with van der Waals surface area (Å²) >= 11 is 0. The summed E-state index contributed by atoms with van der Waals surface area (Å²) < 4.78 is 20.7. The van der Waals surface area contributed by atoms with Gasteiger partial charge in [0, 0.05) is 42.5 Å². The number of hydrogen-bond acceptors (Lipinski definition) is 10. The number of anilines is 3. The second-order valence-electron chi connectivity index (χ2n) is 4.88. The second-order valence-corrected chi connectivity index (χ2v) is 4.88. The van der Waals surface area contributed by atoms with E-state index in [1.807, 2.05) is 14.1 Å². The molecule has 0 N–H and O–H groups in total. The van der Waals surface area contributed by atoms with Gasteiger partial charge in [0.25, 0.3) is 0 Å². The molecule has 0 saturated carbocycles. The van der Waals surface area contributed by atoms with E-state index in [1.54, 1.807) is 43.1 Å². The molecular formula is C13H26N6O4. The molecule has 10 nitrogen and oxygen atoms in total. The van der Waals surface area contributed by atoms with Gasteiger partial charge in [-0.2, -0.15) is 15.0 Å². The lowest BCUT2D eigenvalue weighted by Crippen LogP contribution is -2.34. The highest BCUT2D eigenvalue weighted by Crippen LogP contribution is 2.18. The van der Waals surface area contributed by atoms with Crippen molar-refractivity contribution in [1.29, 1.82) is 0 Å². The van der Waals surface area contributed by atoms with Gasteiger partial charge in [0.1, 0.15) is 26.9 Å². The molecule has 0 radical (unpaired) electrons. The third-order valence-corrected chi connectivity index (χ3v) is 2.71. The van der Waals surface area contributed by atoms with Crippen LogP contribution in [0.4, 0.5) is 17.8 Å². The normalized spacial score (nSPS) is 10.7. The quantitative estimate of drug-likeness (QED) is 0.515. The Hall–Kier alpha value is -1.75. The number of aromatic nitrogens is 3. The highest BCUT2D eigenvalue weighted by atomic mass is 16.5. The van der Waals surface area contributed by atoms with Crippen LogP contribution in [0.25, 0.3) is 0 Å². The maximum absolute atomic E-state index is 5.18. The maximum Gasteiger partial charge on any atom is 0.235 e. The van der Waals surface area contributed by atoms with Crippen LogP contribution < -0.4 is 14.7 Å². The molecule has 0 bridgehead atoms. The zero-order valence-corrected chi connectivity index (χ0v) is 14.6. The molecule has 23 heavy (non-hydrogen) atoms. The zero-order valence-electron chi connectivity index (χ0n) is 14.6. The third-order valence-electron chi connectivity index (χ3n) is 2.71. The van der Waals surface area contributed by atoms with Crippen molar-refractivity contribution in [1.82, 2.24) is 15.0 Å². The van der Waals surface area contributed by atoms with E-state index in [1.165, 1.54) is 0 Å². The van der Waals surface area contributed by atoms with Gasteiger partial charge < -0.3 is 23.8 Å². The predicted octanol–water partition coefficient (Wildman–Crippen LogP) is -0.0340. The van der Waals surface area contributed by atoms with Crippen LogP contribution >= 0.6 is 0 Å². The lowest BCUT2D eigenvalue weighted by molar-refractivity contribution is 0.136. The molecule has 10 heteroatoms. The van der Waals surface area contributed by atoms with Crippen molar-refractivity contribution in [3.8, 4) is 0 Å². The molecule has 1 aromatic rings. The Bertz CT molecular complexity index is 416. The van der Waals surface area contributed by atoms with Gasteiger partial charge in [-0.25, -0.2) is 0 Å². The Kier molecular flexibility index (Phi) is 8.48.